The Labute approximate surface area is 139 Å². The van der Waals surface area contributed by atoms with Gasteiger partial charge >= 0.3 is 0 Å². The van der Waals surface area contributed by atoms with E-state index in [-0.39, 0.29) is 10.3 Å². The minimum Gasteiger partial charge on any atom is -0.316 e. The van der Waals surface area contributed by atoms with Crippen molar-refractivity contribution in [2.45, 2.75) is 17.2 Å². The molecule has 2 N–H and O–H groups in total. The van der Waals surface area contributed by atoms with Crippen LogP contribution in [-0.2, 0) is 11.1 Å². The minimum atomic E-state index is -2.18. The summed E-state index contributed by atoms with van der Waals surface area (Å²) >= 11 is -0.677. The van der Waals surface area contributed by atoms with Gasteiger partial charge in [0.15, 0.2) is 16.5 Å². The molecule has 2 atom stereocenters. The molecular weight excluding hydrogens is 330 g/mol. The molecule has 0 aliphatic carbocycles. The fraction of sp³-hybridized carbons (Fsp3) is 0.235. The number of hydrogen-bond acceptors (Lipinski definition) is 4. The molecule has 2 aromatic carbocycles. The van der Waals surface area contributed by atoms with Crippen molar-refractivity contribution < 1.29 is 8.76 Å². The van der Waals surface area contributed by atoms with Gasteiger partial charge in [0.2, 0.25) is 0 Å². The third-order valence-electron chi connectivity index (χ3n) is 4.39. The van der Waals surface area contributed by atoms with Gasteiger partial charge in [0, 0.05) is 21.3 Å². The van der Waals surface area contributed by atoms with Crippen molar-refractivity contribution in [1.29, 1.82) is 0 Å². The molecule has 1 aromatic heterocycles. The first-order chi connectivity index (χ1) is 11.1. The predicted octanol–water partition coefficient (Wildman–Crippen LogP) is 3.07. The van der Waals surface area contributed by atoms with E-state index in [1.54, 1.807) is 12.1 Å². The van der Waals surface area contributed by atoms with E-state index >= 15 is 0 Å². The lowest BCUT2D eigenvalue weighted by Gasteiger charge is -2.12. The number of fused-ring (bicyclic) bond motifs is 2. The lowest BCUT2D eigenvalue weighted by Crippen LogP contribution is -2.10. The van der Waals surface area contributed by atoms with E-state index in [9.17, 15) is 13.6 Å². The van der Waals surface area contributed by atoms with Crippen LogP contribution in [0.15, 0.2) is 46.1 Å². The maximum atomic E-state index is 12.8. The Kier molecular flexibility index (Phi) is 3.77. The quantitative estimate of drug-likeness (QED) is 0.553. The van der Waals surface area contributed by atoms with Crippen LogP contribution in [0.3, 0.4) is 0 Å². The topological polar surface area (TPSA) is 66.4 Å². The van der Waals surface area contributed by atoms with Crippen LogP contribution in [0, 0.1) is 0 Å². The summed E-state index contributed by atoms with van der Waals surface area (Å²) in [7, 11) is 0. The van der Waals surface area contributed by atoms with E-state index in [0.717, 1.165) is 34.5 Å². The summed E-state index contributed by atoms with van der Waals surface area (Å²) in [6.07, 6.45) is 1.01. The Bertz CT molecular complexity index is 990. The maximum Gasteiger partial charge on any atom is 0.197 e. The summed E-state index contributed by atoms with van der Waals surface area (Å²) in [6.45, 7) is 1.82. The van der Waals surface area contributed by atoms with Gasteiger partial charge in [-0.2, -0.15) is 0 Å². The average Bonchev–Trinajstić information content (AvgIpc) is 3.08. The summed E-state index contributed by atoms with van der Waals surface area (Å²) in [6, 6.07) is 11.2. The molecule has 0 spiro atoms. The maximum absolute atomic E-state index is 12.8. The van der Waals surface area contributed by atoms with Gasteiger partial charge in [0.25, 0.3) is 0 Å². The second kappa shape index (κ2) is 5.79. The zero-order chi connectivity index (χ0) is 16.0. The molecule has 118 valence electrons. The third kappa shape index (κ3) is 2.52. The zero-order valence-corrected chi connectivity index (χ0v) is 13.9. The second-order valence-electron chi connectivity index (χ2n) is 5.76. The lowest BCUT2D eigenvalue weighted by molar-refractivity contribution is 0.565. The number of hydrogen-bond donors (Lipinski definition) is 2. The second-order valence-corrected chi connectivity index (χ2v) is 7.78. The Morgan fingerprint density at radius 2 is 2.04 bits per heavy atom. The molecule has 1 fully saturated rings. The highest BCUT2D eigenvalue weighted by Gasteiger charge is 2.21. The molecule has 23 heavy (non-hydrogen) atoms. The molecule has 1 aliphatic rings. The van der Waals surface area contributed by atoms with Crippen LogP contribution in [0.25, 0.3) is 20.2 Å². The summed E-state index contributed by atoms with van der Waals surface area (Å²) in [5.41, 5.74) is 0.869. The SMILES string of the molecule is O=c1c2ccccc2sc2cc(C3CCNC3)cc(S(=O)O)c12. The van der Waals surface area contributed by atoms with Crippen LogP contribution in [0.2, 0.25) is 0 Å². The van der Waals surface area contributed by atoms with Gasteiger partial charge < -0.3 is 9.87 Å². The molecule has 4 rings (SSSR count). The fourth-order valence-electron chi connectivity index (χ4n) is 3.22. The van der Waals surface area contributed by atoms with Gasteiger partial charge in [-0.3, -0.25) is 4.79 Å². The smallest absolute Gasteiger partial charge is 0.197 e. The standard InChI is InChI=1S/C17H15NO3S2/c19-17-12-3-1-2-4-13(12)22-14-7-11(10-5-6-18-9-10)8-15(16(14)17)23(20)21/h1-4,7-8,10,18H,5-6,9H2,(H,20,21). The molecule has 0 amide bonds. The van der Waals surface area contributed by atoms with Crippen LogP contribution in [0.4, 0.5) is 0 Å². The van der Waals surface area contributed by atoms with Crippen molar-refractivity contribution in [2.24, 2.45) is 0 Å². The Hall–Kier alpha value is -1.60. The highest BCUT2D eigenvalue weighted by molar-refractivity contribution is 7.79. The van der Waals surface area contributed by atoms with Crippen LogP contribution in [0.5, 0.6) is 0 Å². The van der Waals surface area contributed by atoms with E-state index in [1.807, 2.05) is 24.3 Å². The molecular formula is C17H15NO3S2. The predicted molar refractivity (Wildman–Crippen MR) is 94.9 cm³/mol. The molecule has 3 aromatic rings. The summed E-state index contributed by atoms with van der Waals surface area (Å²) in [4.78, 5) is 13.0. The van der Waals surface area contributed by atoms with E-state index in [2.05, 4.69) is 5.32 Å². The molecule has 0 bridgehead atoms. The molecule has 4 nitrogen and oxygen atoms in total. The lowest BCUT2D eigenvalue weighted by atomic mass is 9.97. The van der Waals surface area contributed by atoms with Gasteiger partial charge in [0.05, 0.1) is 10.3 Å². The highest BCUT2D eigenvalue weighted by Crippen LogP contribution is 2.33. The third-order valence-corrected chi connectivity index (χ3v) is 6.20. The van der Waals surface area contributed by atoms with Crippen molar-refractivity contribution >= 4 is 42.6 Å². The molecule has 0 saturated carbocycles. The molecule has 2 unspecified atom stereocenters. The van der Waals surface area contributed by atoms with Gasteiger partial charge in [0.1, 0.15) is 0 Å². The molecule has 2 heterocycles. The number of nitrogens with one attached hydrogen (secondary N) is 1. The van der Waals surface area contributed by atoms with Crippen molar-refractivity contribution in [3.05, 3.63) is 52.2 Å². The average molecular weight is 345 g/mol. The van der Waals surface area contributed by atoms with Gasteiger partial charge in [-0.25, -0.2) is 4.21 Å². The summed E-state index contributed by atoms with van der Waals surface area (Å²) in [5.74, 6) is 0.329. The fourth-order valence-corrected chi connectivity index (χ4v) is 5.06. The normalized spacial score (nSPS) is 19.4. The van der Waals surface area contributed by atoms with Crippen LogP contribution < -0.4 is 10.7 Å². The minimum absolute atomic E-state index is 0.164. The first kappa shape index (κ1) is 15.0. The van der Waals surface area contributed by atoms with Crippen molar-refractivity contribution in [3.63, 3.8) is 0 Å². The zero-order valence-electron chi connectivity index (χ0n) is 12.2. The molecule has 6 heteroatoms. The largest absolute Gasteiger partial charge is 0.316 e. The van der Waals surface area contributed by atoms with E-state index in [0.29, 0.717) is 16.7 Å². The summed E-state index contributed by atoms with van der Waals surface area (Å²) in [5, 5.41) is 4.29. The Morgan fingerprint density at radius 3 is 2.78 bits per heavy atom. The molecule has 0 radical (unpaired) electrons. The van der Waals surface area contributed by atoms with Gasteiger partial charge in [-0.1, -0.05) is 12.1 Å². The highest BCUT2D eigenvalue weighted by atomic mass is 32.2. The van der Waals surface area contributed by atoms with Crippen LogP contribution in [-0.4, -0.2) is 21.9 Å². The number of rotatable bonds is 2. The van der Waals surface area contributed by atoms with Gasteiger partial charge in [-0.15, -0.1) is 11.3 Å². The van der Waals surface area contributed by atoms with E-state index < -0.39 is 11.1 Å². The van der Waals surface area contributed by atoms with Crippen molar-refractivity contribution in [1.82, 2.24) is 5.32 Å². The monoisotopic (exact) mass is 345 g/mol. The Balaban J connectivity index is 2.09. The Morgan fingerprint density at radius 1 is 1.22 bits per heavy atom. The van der Waals surface area contributed by atoms with Crippen molar-refractivity contribution in [3.8, 4) is 0 Å². The first-order valence-corrected chi connectivity index (χ1v) is 9.38. The van der Waals surface area contributed by atoms with Gasteiger partial charge in [-0.05, 0) is 48.7 Å². The van der Waals surface area contributed by atoms with Crippen LogP contribution in [0.1, 0.15) is 17.9 Å². The van der Waals surface area contributed by atoms with E-state index in [1.165, 1.54) is 11.3 Å². The number of benzene rings is 2. The van der Waals surface area contributed by atoms with Crippen molar-refractivity contribution in [2.75, 3.05) is 13.1 Å². The molecule has 1 aliphatic heterocycles. The van der Waals surface area contributed by atoms with Crippen LogP contribution >= 0.6 is 11.3 Å². The summed E-state index contributed by atoms with van der Waals surface area (Å²) < 4.78 is 23.2. The molecule has 1 saturated heterocycles. The van der Waals surface area contributed by atoms with E-state index in [4.69, 9.17) is 0 Å². The first-order valence-electron chi connectivity index (χ1n) is 7.46.